The molecule has 0 aliphatic heterocycles. The molecule has 2 nitrogen and oxygen atoms in total. The number of rotatable bonds is 5. The Morgan fingerprint density at radius 3 is 3.06 bits per heavy atom. The van der Waals surface area contributed by atoms with Gasteiger partial charge in [0.15, 0.2) is 0 Å². The molecule has 1 N–H and O–H groups in total. The van der Waals surface area contributed by atoms with E-state index in [2.05, 4.69) is 28.7 Å². The Morgan fingerprint density at radius 2 is 2.25 bits per heavy atom. The predicted molar refractivity (Wildman–Crippen MR) is 70.0 cm³/mol. The molecule has 0 aliphatic carbocycles. The third-order valence-electron chi connectivity index (χ3n) is 2.55. The van der Waals surface area contributed by atoms with Crippen molar-refractivity contribution in [2.75, 3.05) is 13.1 Å². The molecule has 0 amide bonds. The fraction of sp³-hybridized carbons (Fsp3) is 0.231. The van der Waals surface area contributed by atoms with Gasteiger partial charge in [-0.1, -0.05) is 23.7 Å². The minimum absolute atomic E-state index is 0.784. The predicted octanol–water partition coefficient (Wildman–Crippen LogP) is 3.07. The van der Waals surface area contributed by atoms with Crippen LogP contribution in [-0.4, -0.2) is 17.7 Å². The van der Waals surface area contributed by atoms with Crippen molar-refractivity contribution in [2.24, 2.45) is 0 Å². The van der Waals surface area contributed by atoms with E-state index in [4.69, 9.17) is 11.6 Å². The summed E-state index contributed by atoms with van der Waals surface area (Å²) in [5, 5.41) is 5.29. The van der Waals surface area contributed by atoms with Gasteiger partial charge in [-0.05, 0) is 23.6 Å². The normalized spacial score (nSPS) is 10.8. The quantitative estimate of drug-likeness (QED) is 0.622. The summed E-state index contributed by atoms with van der Waals surface area (Å²) < 4.78 is 2.21. The summed E-state index contributed by atoms with van der Waals surface area (Å²) in [6, 6.07) is 8.08. The minimum atomic E-state index is 0.784. The molecular weight excluding hydrogens is 220 g/mol. The Labute approximate surface area is 101 Å². The third kappa shape index (κ3) is 2.46. The van der Waals surface area contributed by atoms with Gasteiger partial charge < -0.3 is 9.88 Å². The third-order valence-corrected chi connectivity index (χ3v) is 2.79. The fourth-order valence-electron chi connectivity index (χ4n) is 1.76. The molecule has 16 heavy (non-hydrogen) atoms. The van der Waals surface area contributed by atoms with Crippen LogP contribution in [0.15, 0.2) is 43.1 Å². The summed E-state index contributed by atoms with van der Waals surface area (Å²) in [5.41, 5.74) is 1.19. The topological polar surface area (TPSA) is 17.0 Å². The molecule has 0 spiro atoms. The number of nitrogens with one attached hydrogen (secondary N) is 1. The molecule has 2 aromatic rings. The Balaban J connectivity index is 2.11. The average Bonchev–Trinajstić information content (AvgIpc) is 2.67. The smallest absolute Gasteiger partial charge is 0.0495 e. The monoisotopic (exact) mass is 234 g/mol. The number of hydrogen-bond donors (Lipinski definition) is 1. The van der Waals surface area contributed by atoms with E-state index in [9.17, 15) is 0 Å². The zero-order valence-electron chi connectivity index (χ0n) is 9.12. The molecule has 0 aliphatic rings. The van der Waals surface area contributed by atoms with Crippen LogP contribution in [0.4, 0.5) is 0 Å². The van der Waals surface area contributed by atoms with Gasteiger partial charge in [-0.25, -0.2) is 0 Å². The molecule has 1 aromatic carbocycles. The first kappa shape index (κ1) is 11.2. The first-order valence-corrected chi connectivity index (χ1v) is 5.75. The second kappa shape index (κ2) is 5.19. The van der Waals surface area contributed by atoms with Crippen molar-refractivity contribution in [3.05, 3.63) is 48.1 Å². The van der Waals surface area contributed by atoms with E-state index in [0.29, 0.717) is 0 Å². The molecule has 3 heteroatoms. The van der Waals surface area contributed by atoms with E-state index >= 15 is 0 Å². The van der Waals surface area contributed by atoms with Crippen molar-refractivity contribution in [2.45, 2.75) is 6.54 Å². The minimum Gasteiger partial charge on any atom is -0.346 e. The summed E-state index contributed by atoms with van der Waals surface area (Å²) in [7, 11) is 0. The highest BCUT2D eigenvalue weighted by Gasteiger charge is 2.00. The summed E-state index contributed by atoms with van der Waals surface area (Å²) in [6.45, 7) is 6.39. The molecule has 0 saturated carbocycles. The van der Waals surface area contributed by atoms with Crippen LogP contribution in [0.25, 0.3) is 10.9 Å². The standard InChI is InChI=1S/C13H15ClN2/c1-2-6-15-7-9-16-8-5-11-3-4-12(14)10-13(11)16/h2-5,8,10,15H,1,6-7,9H2. The number of halogens is 1. The fourth-order valence-corrected chi connectivity index (χ4v) is 1.92. The SMILES string of the molecule is C=CCNCCn1ccc2ccc(Cl)cc21. The second-order valence-electron chi connectivity index (χ2n) is 3.71. The number of nitrogens with zero attached hydrogens (tertiary/aromatic N) is 1. The highest BCUT2D eigenvalue weighted by molar-refractivity contribution is 6.31. The lowest BCUT2D eigenvalue weighted by atomic mass is 10.2. The molecule has 0 unspecified atom stereocenters. The van der Waals surface area contributed by atoms with Crippen molar-refractivity contribution >= 4 is 22.5 Å². The lowest BCUT2D eigenvalue weighted by Crippen LogP contribution is -2.19. The van der Waals surface area contributed by atoms with Gasteiger partial charge >= 0.3 is 0 Å². The van der Waals surface area contributed by atoms with Crippen LogP contribution in [0.2, 0.25) is 5.02 Å². The number of aromatic nitrogens is 1. The first-order chi connectivity index (χ1) is 7.81. The van der Waals surface area contributed by atoms with E-state index in [1.165, 1.54) is 10.9 Å². The molecular formula is C13H15ClN2. The van der Waals surface area contributed by atoms with Crippen LogP contribution in [0.5, 0.6) is 0 Å². The van der Waals surface area contributed by atoms with Crippen LogP contribution < -0.4 is 5.32 Å². The van der Waals surface area contributed by atoms with Crippen molar-refractivity contribution < 1.29 is 0 Å². The summed E-state index contributed by atoms with van der Waals surface area (Å²) >= 11 is 5.99. The molecule has 1 heterocycles. The van der Waals surface area contributed by atoms with Gasteiger partial charge in [0.2, 0.25) is 0 Å². The maximum atomic E-state index is 5.99. The first-order valence-electron chi connectivity index (χ1n) is 5.37. The Bertz CT molecular complexity index is 488. The molecule has 2 rings (SSSR count). The van der Waals surface area contributed by atoms with Crippen LogP contribution in [0, 0.1) is 0 Å². The summed E-state index contributed by atoms with van der Waals surface area (Å²) in [4.78, 5) is 0. The van der Waals surface area contributed by atoms with Gasteiger partial charge in [0, 0.05) is 36.4 Å². The van der Waals surface area contributed by atoms with Gasteiger partial charge in [-0.2, -0.15) is 0 Å². The second-order valence-corrected chi connectivity index (χ2v) is 4.14. The Kier molecular flexibility index (Phi) is 3.65. The van der Waals surface area contributed by atoms with Crippen molar-refractivity contribution in [1.29, 1.82) is 0 Å². The van der Waals surface area contributed by atoms with Crippen molar-refractivity contribution in [3.63, 3.8) is 0 Å². The number of fused-ring (bicyclic) bond motifs is 1. The molecule has 0 fully saturated rings. The van der Waals surface area contributed by atoms with E-state index in [0.717, 1.165) is 24.7 Å². The molecule has 0 saturated heterocycles. The van der Waals surface area contributed by atoms with Crippen LogP contribution >= 0.6 is 11.6 Å². The zero-order valence-corrected chi connectivity index (χ0v) is 9.87. The number of benzene rings is 1. The molecule has 84 valence electrons. The van der Waals surface area contributed by atoms with E-state index in [-0.39, 0.29) is 0 Å². The Hall–Kier alpha value is -1.25. The van der Waals surface area contributed by atoms with E-state index in [1.807, 2.05) is 24.3 Å². The molecule has 1 aromatic heterocycles. The largest absolute Gasteiger partial charge is 0.346 e. The van der Waals surface area contributed by atoms with Gasteiger partial charge in [0.25, 0.3) is 0 Å². The highest BCUT2D eigenvalue weighted by Crippen LogP contribution is 2.20. The van der Waals surface area contributed by atoms with Crippen molar-refractivity contribution in [3.8, 4) is 0 Å². The maximum absolute atomic E-state index is 5.99. The highest BCUT2D eigenvalue weighted by atomic mass is 35.5. The zero-order chi connectivity index (χ0) is 11.4. The summed E-state index contributed by atoms with van der Waals surface area (Å²) in [5.74, 6) is 0. The van der Waals surface area contributed by atoms with Gasteiger partial charge in [0.1, 0.15) is 0 Å². The van der Waals surface area contributed by atoms with Crippen LogP contribution in [-0.2, 0) is 6.54 Å². The van der Waals surface area contributed by atoms with Crippen LogP contribution in [0.1, 0.15) is 0 Å². The maximum Gasteiger partial charge on any atom is 0.0495 e. The molecule has 0 atom stereocenters. The van der Waals surface area contributed by atoms with Crippen LogP contribution in [0.3, 0.4) is 0 Å². The average molecular weight is 235 g/mol. The van der Waals surface area contributed by atoms with Crippen molar-refractivity contribution in [1.82, 2.24) is 9.88 Å². The van der Waals surface area contributed by atoms with E-state index in [1.54, 1.807) is 0 Å². The number of hydrogen-bond acceptors (Lipinski definition) is 1. The van der Waals surface area contributed by atoms with Gasteiger partial charge in [-0.3, -0.25) is 0 Å². The van der Waals surface area contributed by atoms with Gasteiger partial charge in [-0.15, -0.1) is 6.58 Å². The molecule has 0 radical (unpaired) electrons. The summed E-state index contributed by atoms with van der Waals surface area (Å²) in [6.07, 6.45) is 3.96. The molecule has 0 bridgehead atoms. The lowest BCUT2D eigenvalue weighted by molar-refractivity contribution is 0.641. The Morgan fingerprint density at radius 1 is 1.38 bits per heavy atom. The lowest BCUT2D eigenvalue weighted by Gasteiger charge is -2.06. The van der Waals surface area contributed by atoms with E-state index < -0.39 is 0 Å². The van der Waals surface area contributed by atoms with Gasteiger partial charge in [0.05, 0.1) is 0 Å².